The molecule has 2 heterocycles. The smallest absolute Gasteiger partial charge is 0.244 e. The van der Waals surface area contributed by atoms with Crippen LogP contribution in [0.3, 0.4) is 0 Å². The van der Waals surface area contributed by atoms with Crippen molar-refractivity contribution in [1.82, 2.24) is 9.29 Å². The molecule has 1 amide bonds. The van der Waals surface area contributed by atoms with Crippen LogP contribution in [0, 0.1) is 0 Å². The Morgan fingerprint density at radius 2 is 2.00 bits per heavy atom. The fourth-order valence-electron chi connectivity index (χ4n) is 3.96. The first-order valence-electron chi connectivity index (χ1n) is 10.2. The van der Waals surface area contributed by atoms with Gasteiger partial charge in [-0.15, -0.1) is 0 Å². The van der Waals surface area contributed by atoms with Crippen LogP contribution in [0.2, 0.25) is 0 Å². The Bertz CT molecular complexity index is 1190. The summed E-state index contributed by atoms with van der Waals surface area (Å²) in [5.41, 5.74) is 1.97. The van der Waals surface area contributed by atoms with E-state index in [9.17, 15) is 13.2 Å². The summed E-state index contributed by atoms with van der Waals surface area (Å²) >= 11 is 0. The second-order valence-corrected chi connectivity index (χ2v) is 9.37. The minimum absolute atomic E-state index is 0.0849. The summed E-state index contributed by atoms with van der Waals surface area (Å²) in [6.07, 6.45) is 4.96. The number of benzene rings is 2. The number of aryl methyl sites for hydroxylation is 1. The number of carbonyl (C=O) groups excluding carboxylic acids is 1. The van der Waals surface area contributed by atoms with E-state index in [0.717, 1.165) is 29.5 Å². The van der Waals surface area contributed by atoms with Crippen LogP contribution in [0.25, 0.3) is 10.8 Å². The van der Waals surface area contributed by atoms with E-state index >= 15 is 0 Å². The average Bonchev–Trinajstić information content (AvgIpc) is 2.80. The molecule has 1 aliphatic heterocycles. The summed E-state index contributed by atoms with van der Waals surface area (Å²) in [4.78, 5) is 19.2. The van der Waals surface area contributed by atoms with Crippen molar-refractivity contribution in [2.75, 3.05) is 38.3 Å². The van der Waals surface area contributed by atoms with Crippen molar-refractivity contribution < 1.29 is 17.9 Å². The fourth-order valence-corrected chi connectivity index (χ4v) is 5.55. The highest BCUT2D eigenvalue weighted by atomic mass is 32.2. The third-order valence-electron chi connectivity index (χ3n) is 5.53. The van der Waals surface area contributed by atoms with Crippen molar-refractivity contribution in [2.45, 2.75) is 17.7 Å². The van der Waals surface area contributed by atoms with Gasteiger partial charge in [-0.1, -0.05) is 30.3 Å². The molecule has 0 aliphatic carbocycles. The van der Waals surface area contributed by atoms with Gasteiger partial charge in [-0.05, 0) is 36.6 Å². The molecule has 0 spiro atoms. The Morgan fingerprint density at radius 3 is 2.84 bits per heavy atom. The van der Waals surface area contributed by atoms with Crippen LogP contribution in [0.1, 0.15) is 12.0 Å². The Hall–Kier alpha value is -2.81. The molecular formula is C23H25N3O4S. The normalized spacial score (nSPS) is 14.1. The molecule has 0 atom stereocenters. The van der Waals surface area contributed by atoms with Gasteiger partial charge in [-0.2, -0.15) is 4.31 Å². The number of amides is 1. The minimum Gasteiger partial charge on any atom is -0.383 e. The average molecular weight is 440 g/mol. The quantitative estimate of drug-likeness (QED) is 0.566. The van der Waals surface area contributed by atoms with Crippen molar-refractivity contribution in [1.29, 1.82) is 0 Å². The number of sulfonamides is 1. The van der Waals surface area contributed by atoms with Crippen molar-refractivity contribution in [3.8, 4) is 0 Å². The number of methoxy groups -OCH3 is 1. The predicted molar refractivity (Wildman–Crippen MR) is 119 cm³/mol. The first kappa shape index (κ1) is 21.4. The minimum atomic E-state index is -3.93. The van der Waals surface area contributed by atoms with Gasteiger partial charge in [-0.3, -0.25) is 9.78 Å². The van der Waals surface area contributed by atoms with Gasteiger partial charge in [0, 0.05) is 49.1 Å². The van der Waals surface area contributed by atoms with Gasteiger partial charge in [0.2, 0.25) is 15.9 Å². The van der Waals surface area contributed by atoms with Crippen molar-refractivity contribution >= 4 is 32.4 Å². The topological polar surface area (TPSA) is 79.8 Å². The molecule has 0 N–H and O–H groups in total. The number of carbonyl (C=O) groups is 1. The molecule has 7 nitrogen and oxygen atoms in total. The molecule has 0 saturated carbocycles. The molecule has 8 heteroatoms. The zero-order valence-corrected chi connectivity index (χ0v) is 18.2. The lowest BCUT2D eigenvalue weighted by Crippen LogP contribution is -2.45. The number of fused-ring (bicyclic) bond motifs is 2. The first-order chi connectivity index (χ1) is 15.0. The summed E-state index contributed by atoms with van der Waals surface area (Å²) in [5, 5.41) is 1.31. The molecule has 0 fully saturated rings. The standard InChI is InChI=1S/C23H25N3O4S/c1-30-15-14-25(17-23(27)26-13-5-8-18-6-2-3-9-21(18)26)31(28,29)22-10-4-7-19-16-24-12-11-20(19)22/h2-4,6-7,9-12,16H,5,8,13-15,17H2,1H3. The van der Waals surface area contributed by atoms with Crippen LogP contribution < -0.4 is 4.90 Å². The highest BCUT2D eigenvalue weighted by Crippen LogP contribution is 2.28. The number of pyridine rings is 1. The van der Waals surface area contributed by atoms with Crippen molar-refractivity contribution in [3.63, 3.8) is 0 Å². The Kier molecular flexibility index (Phi) is 6.31. The number of nitrogens with zero attached hydrogens (tertiary/aromatic N) is 3. The number of anilines is 1. The monoisotopic (exact) mass is 439 g/mol. The van der Waals surface area contributed by atoms with E-state index < -0.39 is 10.0 Å². The van der Waals surface area contributed by atoms with Gasteiger partial charge in [0.1, 0.15) is 0 Å². The predicted octanol–water partition coefficient (Wildman–Crippen LogP) is 2.85. The summed E-state index contributed by atoms with van der Waals surface area (Å²) in [7, 11) is -2.42. The van der Waals surface area contributed by atoms with Gasteiger partial charge in [0.15, 0.2) is 0 Å². The SMILES string of the molecule is COCCN(CC(=O)N1CCCc2ccccc21)S(=O)(=O)c1cccc2cnccc12. The second kappa shape index (κ2) is 9.13. The molecule has 0 saturated heterocycles. The maximum absolute atomic E-state index is 13.6. The number of rotatable bonds is 7. The largest absolute Gasteiger partial charge is 0.383 e. The molecule has 1 aliphatic rings. The first-order valence-corrected chi connectivity index (χ1v) is 11.7. The zero-order valence-electron chi connectivity index (χ0n) is 17.4. The molecular weight excluding hydrogens is 414 g/mol. The van der Waals surface area contributed by atoms with Gasteiger partial charge in [-0.25, -0.2) is 8.42 Å². The van der Waals surface area contributed by atoms with Crippen LogP contribution in [0.5, 0.6) is 0 Å². The van der Waals surface area contributed by atoms with Crippen LogP contribution in [-0.2, 0) is 26.0 Å². The summed E-state index contributed by atoms with van der Waals surface area (Å²) in [5.74, 6) is -0.242. The highest BCUT2D eigenvalue weighted by molar-refractivity contribution is 7.89. The lowest BCUT2D eigenvalue weighted by atomic mass is 10.0. The second-order valence-electron chi connectivity index (χ2n) is 7.46. The number of hydrogen-bond donors (Lipinski definition) is 0. The number of ether oxygens (including phenoxy) is 1. The number of aromatic nitrogens is 1. The molecule has 0 radical (unpaired) electrons. The summed E-state index contributed by atoms with van der Waals surface area (Å²) in [6, 6.07) is 14.5. The molecule has 2 aromatic carbocycles. The Balaban J connectivity index is 1.67. The van der Waals surface area contributed by atoms with Crippen molar-refractivity contribution in [3.05, 3.63) is 66.5 Å². The Morgan fingerprint density at radius 1 is 1.16 bits per heavy atom. The lowest BCUT2D eigenvalue weighted by Gasteiger charge is -2.31. The molecule has 3 aromatic rings. The van der Waals surface area contributed by atoms with Crippen LogP contribution in [0.4, 0.5) is 5.69 Å². The van der Waals surface area contributed by atoms with E-state index in [2.05, 4.69) is 4.98 Å². The van der Waals surface area contributed by atoms with Gasteiger partial charge >= 0.3 is 0 Å². The Labute approximate surface area is 182 Å². The molecule has 31 heavy (non-hydrogen) atoms. The third-order valence-corrected chi connectivity index (χ3v) is 7.43. The molecule has 162 valence electrons. The summed E-state index contributed by atoms with van der Waals surface area (Å²) < 4.78 is 33.5. The van der Waals surface area contributed by atoms with Crippen LogP contribution in [-0.4, -0.2) is 57.0 Å². The third kappa shape index (κ3) is 4.32. The molecule has 0 unspecified atom stereocenters. The summed E-state index contributed by atoms with van der Waals surface area (Å²) in [6.45, 7) is 0.604. The van der Waals surface area contributed by atoms with Crippen LogP contribution >= 0.6 is 0 Å². The molecule has 1 aromatic heterocycles. The van der Waals surface area contributed by atoms with E-state index in [1.807, 2.05) is 30.3 Å². The van der Waals surface area contributed by atoms with E-state index in [0.29, 0.717) is 11.9 Å². The molecule has 4 rings (SSSR count). The van der Waals surface area contributed by atoms with E-state index in [4.69, 9.17) is 4.74 Å². The number of para-hydroxylation sites is 1. The number of hydrogen-bond acceptors (Lipinski definition) is 5. The molecule has 0 bridgehead atoms. The fraction of sp³-hybridized carbons (Fsp3) is 0.304. The lowest BCUT2D eigenvalue weighted by molar-refractivity contribution is -0.119. The van der Waals surface area contributed by atoms with E-state index in [1.165, 1.54) is 11.4 Å². The maximum atomic E-state index is 13.6. The van der Waals surface area contributed by atoms with Crippen molar-refractivity contribution in [2.24, 2.45) is 0 Å². The van der Waals surface area contributed by atoms with E-state index in [1.54, 1.807) is 35.5 Å². The van der Waals surface area contributed by atoms with E-state index in [-0.39, 0.29) is 30.5 Å². The van der Waals surface area contributed by atoms with Crippen LogP contribution in [0.15, 0.2) is 65.8 Å². The van der Waals surface area contributed by atoms with Gasteiger partial charge in [0.25, 0.3) is 0 Å². The highest BCUT2D eigenvalue weighted by Gasteiger charge is 2.31. The van der Waals surface area contributed by atoms with Gasteiger partial charge < -0.3 is 9.64 Å². The zero-order chi connectivity index (χ0) is 21.8. The maximum Gasteiger partial charge on any atom is 0.244 e. The van der Waals surface area contributed by atoms with Gasteiger partial charge in [0.05, 0.1) is 18.0 Å².